The quantitative estimate of drug-likeness (QED) is 0.143. The van der Waals surface area contributed by atoms with Gasteiger partial charge in [-0.2, -0.15) is 0 Å². The smallest absolute Gasteiger partial charge is 0.135 e. The average molecular weight is 592 g/mol. The van der Waals surface area contributed by atoms with E-state index in [-0.39, 0.29) is 0 Å². The summed E-state index contributed by atoms with van der Waals surface area (Å²) in [5, 5.41) is 13.2. The first-order chi connectivity index (χ1) is 19.5. The number of hydrogen-bond acceptors (Lipinski definition) is 4. The van der Waals surface area contributed by atoms with Crippen molar-refractivity contribution < 1.29 is 4.39 Å². The van der Waals surface area contributed by atoms with Gasteiger partial charge in [0.25, 0.3) is 0 Å². The van der Waals surface area contributed by atoms with Crippen LogP contribution in [0.15, 0.2) is 132 Å². The number of aromatic nitrogens is 1. The Labute approximate surface area is 242 Å². The minimum Gasteiger partial charge on any atom is -0.367 e. The lowest BCUT2D eigenvalue weighted by Crippen LogP contribution is -2.48. The van der Waals surface area contributed by atoms with Crippen LogP contribution in [0.4, 0.5) is 15.9 Å². The Morgan fingerprint density at radius 1 is 0.800 bits per heavy atom. The molecule has 1 aliphatic heterocycles. The summed E-state index contributed by atoms with van der Waals surface area (Å²) in [5.41, 5.74) is 5.14. The monoisotopic (exact) mass is 590 g/mol. The van der Waals surface area contributed by atoms with Crippen molar-refractivity contribution in [3.8, 4) is 0 Å². The van der Waals surface area contributed by atoms with E-state index in [4.69, 9.17) is 0 Å². The van der Waals surface area contributed by atoms with Crippen LogP contribution in [0.5, 0.6) is 0 Å². The Balaban J connectivity index is 1.50. The fourth-order valence-electron chi connectivity index (χ4n) is 5.33. The molecule has 1 fully saturated rings. The van der Waals surface area contributed by atoms with Gasteiger partial charge in [-0.3, -0.25) is 5.41 Å². The predicted molar refractivity (Wildman–Crippen MR) is 164 cm³/mol. The van der Waals surface area contributed by atoms with E-state index in [0.29, 0.717) is 24.6 Å². The lowest BCUT2D eigenvalue weighted by Gasteiger charge is -2.38. The molecule has 4 aromatic carbocycles. The lowest BCUT2D eigenvalue weighted by molar-refractivity contribution is 0.273. The predicted octanol–water partition coefficient (Wildman–Crippen LogP) is 7.82. The van der Waals surface area contributed by atoms with Gasteiger partial charge in [-0.1, -0.05) is 107 Å². The molecule has 0 radical (unpaired) electrons. The Morgan fingerprint density at radius 3 is 1.88 bits per heavy atom. The molecule has 0 aliphatic carbocycles. The van der Waals surface area contributed by atoms with E-state index >= 15 is 0 Å². The van der Waals surface area contributed by atoms with Crippen molar-refractivity contribution in [2.45, 2.75) is 11.7 Å². The number of rotatable bonds is 8. The summed E-state index contributed by atoms with van der Waals surface area (Å²) in [6.45, 7) is 0.669. The number of alkyl halides is 1. The van der Waals surface area contributed by atoms with Crippen LogP contribution >= 0.6 is 15.9 Å². The van der Waals surface area contributed by atoms with Gasteiger partial charge in [0.2, 0.25) is 0 Å². The Hall–Kier alpha value is -4.29. The van der Waals surface area contributed by atoms with E-state index in [0.717, 1.165) is 38.0 Å². The van der Waals surface area contributed by atoms with Crippen molar-refractivity contribution >= 4 is 33.1 Å². The zero-order valence-electron chi connectivity index (χ0n) is 21.8. The number of halogens is 2. The summed E-state index contributed by atoms with van der Waals surface area (Å²) in [4.78, 5) is 6.32. The van der Waals surface area contributed by atoms with Crippen LogP contribution in [0.3, 0.4) is 0 Å². The van der Waals surface area contributed by atoms with Gasteiger partial charge >= 0.3 is 0 Å². The van der Waals surface area contributed by atoms with E-state index in [1.165, 1.54) is 0 Å². The summed E-state index contributed by atoms with van der Waals surface area (Å²) in [5.74, 6) is 0.688. The maximum Gasteiger partial charge on any atom is 0.135 e. The molecule has 0 atom stereocenters. The van der Waals surface area contributed by atoms with E-state index in [1.54, 1.807) is 6.20 Å². The average Bonchev–Trinajstić information content (AvgIpc) is 3.00. The standard InChI is InChI=1S/C34H28BrFN4/c35-28-16-17-31(30(21-28)33(37)24-18-19-38-32(20-24)40-22-29(36)23-40)39-34(25-10-4-1-5-11-25,26-12-6-2-7-13-26)27-14-8-3-9-15-27/h1-21,29,37,39H,22-23H2. The molecule has 4 nitrogen and oxygen atoms in total. The molecule has 6 rings (SSSR count). The van der Waals surface area contributed by atoms with Crippen molar-refractivity contribution in [1.82, 2.24) is 4.98 Å². The van der Waals surface area contributed by atoms with Gasteiger partial charge in [0.05, 0.1) is 18.8 Å². The van der Waals surface area contributed by atoms with Crippen molar-refractivity contribution in [2.24, 2.45) is 0 Å². The molecule has 6 heteroatoms. The van der Waals surface area contributed by atoms with Crippen LogP contribution in [0.25, 0.3) is 0 Å². The highest BCUT2D eigenvalue weighted by Gasteiger charge is 2.37. The van der Waals surface area contributed by atoms with Crippen LogP contribution in [0, 0.1) is 5.41 Å². The van der Waals surface area contributed by atoms with Gasteiger partial charge in [-0.25, -0.2) is 9.37 Å². The molecule has 0 spiro atoms. The number of benzene rings is 4. The molecule has 40 heavy (non-hydrogen) atoms. The molecule has 5 aromatic rings. The van der Waals surface area contributed by atoms with Gasteiger partial charge in [0.1, 0.15) is 17.5 Å². The van der Waals surface area contributed by atoms with E-state index in [2.05, 4.69) is 99.0 Å². The number of pyridine rings is 1. The number of anilines is 2. The van der Waals surface area contributed by atoms with Gasteiger partial charge in [0.15, 0.2) is 0 Å². The summed E-state index contributed by atoms with van der Waals surface area (Å²) in [6.07, 6.45) is 0.866. The third kappa shape index (κ3) is 4.91. The van der Waals surface area contributed by atoms with Gasteiger partial charge in [-0.15, -0.1) is 0 Å². The summed E-state index contributed by atoms with van der Waals surface area (Å²) >= 11 is 3.63. The number of hydrogen-bond donors (Lipinski definition) is 2. The molecule has 1 aliphatic rings. The summed E-state index contributed by atoms with van der Waals surface area (Å²) in [6, 6.07) is 40.9. The van der Waals surface area contributed by atoms with Gasteiger partial charge < -0.3 is 10.2 Å². The molecular formula is C34H28BrFN4. The third-order valence-electron chi connectivity index (χ3n) is 7.39. The lowest BCUT2D eigenvalue weighted by atomic mass is 9.76. The number of nitrogens with one attached hydrogen (secondary N) is 2. The third-order valence-corrected chi connectivity index (χ3v) is 7.88. The molecule has 2 N–H and O–H groups in total. The van der Waals surface area contributed by atoms with Crippen molar-refractivity contribution in [2.75, 3.05) is 23.3 Å². The Morgan fingerprint density at radius 2 is 1.35 bits per heavy atom. The zero-order valence-corrected chi connectivity index (χ0v) is 23.4. The fraction of sp³-hybridized carbons (Fsp3) is 0.118. The molecule has 0 amide bonds. The van der Waals surface area contributed by atoms with Crippen LogP contribution in [-0.2, 0) is 5.54 Å². The van der Waals surface area contributed by atoms with Gasteiger partial charge in [-0.05, 0) is 47.0 Å². The SMILES string of the molecule is N=C(c1ccnc(N2CC(F)C2)c1)c1cc(Br)ccc1NC(c1ccccc1)(c1ccccc1)c1ccccc1. The highest BCUT2D eigenvalue weighted by atomic mass is 79.9. The first-order valence-electron chi connectivity index (χ1n) is 13.2. The molecule has 2 heterocycles. The topological polar surface area (TPSA) is 52.0 Å². The highest BCUT2D eigenvalue weighted by molar-refractivity contribution is 9.10. The first kappa shape index (κ1) is 26.0. The molecule has 1 saturated heterocycles. The minimum atomic E-state index is -0.826. The summed E-state index contributed by atoms with van der Waals surface area (Å²) in [7, 11) is 0. The largest absolute Gasteiger partial charge is 0.367 e. The van der Waals surface area contributed by atoms with Crippen LogP contribution in [0.1, 0.15) is 27.8 Å². The van der Waals surface area contributed by atoms with Crippen LogP contribution < -0.4 is 10.2 Å². The normalized spacial score (nSPS) is 13.5. The fourth-order valence-corrected chi connectivity index (χ4v) is 5.69. The maximum absolute atomic E-state index is 13.5. The Kier molecular flexibility index (Phi) is 7.18. The zero-order chi connectivity index (χ0) is 27.5. The van der Waals surface area contributed by atoms with E-state index < -0.39 is 11.7 Å². The summed E-state index contributed by atoms with van der Waals surface area (Å²) < 4.78 is 14.4. The molecular weight excluding hydrogens is 563 g/mol. The van der Waals surface area contributed by atoms with E-state index in [1.807, 2.05) is 53.4 Å². The molecule has 0 saturated carbocycles. The molecule has 0 bridgehead atoms. The highest BCUT2D eigenvalue weighted by Crippen LogP contribution is 2.41. The molecule has 0 unspecified atom stereocenters. The minimum absolute atomic E-state index is 0.335. The number of nitrogens with zero attached hydrogens (tertiary/aromatic N) is 2. The van der Waals surface area contributed by atoms with Crippen LogP contribution in [-0.4, -0.2) is 30.0 Å². The second-order valence-corrected chi connectivity index (χ2v) is 10.9. The van der Waals surface area contributed by atoms with Gasteiger partial charge in [0, 0.05) is 27.5 Å². The van der Waals surface area contributed by atoms with Crippen LogP contribution in [0.2, 0.25) is 0 Å². The first-order valence-corrected chi connectivity index (χ1v) is 14.0. The van der Waals surface area contributed by atoms with E-state index in [9.17, 15) is 9.80 Å². The maximum atomic E-state index is 13.5. The second-order valence-electron chi connectivity index (χ2n) is 9.94. The molecule has 198 valence electrons. The van der Waals surface area contributed by atoms with Crippen molar-refractivity contribution in [3.63, 3.8) is 0 Å². The van der Waals surface area contributed by atoms with Crippen molar-refractivity contribution in [3.05, 3.63) is 160 Å². The second kappa shape index (κ2) is 11.1. The molecule has 1 aromatic heterocycles. The van der Waals surface area contributed by atoms with Crippen molar-refractivity contribution in [1.29, 1.82) is 5.41 Å². The Bertz CT molecular complexity index is 1520.